The van der Waals surface area contributed by atoms with Gasteiger partial charge in [-0.3, -0.25) is 4.79 Å². The predicted molar refractivity (Wildman–Crippen MR) is 97.6 cm³/mol. The highest BCUT2D eigenvalue weighted by Crippen LogP contribution is 2.33. The largest absolute Gasteiger partial charge is 0.490 e. The van der Waals surface area contributed by atoms with Crippen molar-refractivity contribution in [2.45, 2.75) is 25.8 Å². The molecule has 0 spiro atoms. The minimum absolute atomic E-state index is 0.0806. The number of hydrogen-bond donors (Lipinski definition) is 1. The molecule has 25 heavy (non-hydrogen) atoms. The smallest absolute Gasteiger partial charge is 0.249 e. The van der Waals surface area contributed by atoms with Gasteiger partial charge >= 0.3 is 0 Å². The zero-order valence-corrected chi connectivity index (χ0v) is 14.3. The van der Waals surface area contributed by atoms with Crippen LogP contribution in [0.15, 0.2) is 42.5 Å². The number of hydrogen-bond acceptors (Lipinski definition) is 4. The van der Waals surface area contributed by atoms with E-state index in [0.29, 0.717) is 13.2 Å². The third-order valence-electron chi connectivity index (χ3n) is 4.65. The maximum absolute atomic E-state index is 12.9. The second-order valence-corrected chi connectivity index (χ2v) is 6.45. The molecule has 5 heteroatoms. The molecule has 1 unspecified atom stereocenters. The number of amides is 1. The van der Waals surface area contributed by atoms with E-state index in [0.717, 1.165) is 42.3 Å². The summed E-state index contributed by atoms with van der Waals surface area (Å²) in [7, 11) is 0. The van der Waals surface area contributed by atoms with Crippen molar-refractivity contribution in [3.05, 3.63) is 48.0 Å². The Bertz CT molecular complexity index is 790. The molecule has 4 rings (SSSR count). The van der Waals surface area contributed by atoms with Crippen LogP contribution in [-0.4, -0.2) is 31.7 Å². The number of carbonyl (C=O) groups is 1. The summed E-state index contributed by atoms with van der Waals surface area (Å²) in [5.41, 5.74) is 3.12. The van der Waals surface area contributed by atoms with E-state index < -0.39 is 0 Å². The molecule has 1 atom stereocenters. The van der Waals surface area contributed by atoms with Crippen LogP contribution in [0.2, 0.25) is 0 Å². The summed E-state index contributed by atoms with van der Waals surface area (Å²) in [5.74, 6) is 1.57. The first-order valence-corrected chi connectivity index (χ1v) is 8.78. The van der Waals surface area contributed by atoms with E-state index in [2.05, 4.69) is 11.4 Å². The first-order valence-electron chi connectivity index (χ1n) is 8.78. The Morgan fingerprint density at radius 3 is 2.80 bits per heavy atom. The Balaban J connectivity index is 1.48. The minimum atomic E-state index is -0.323. The second kappa shape index (κ2) is 6.67. The maximum atomic E-state index is 12.9. The topological polar surface area (TPSA) is 50.8 Å². The van der Waals surface area contributed by atoms with E-state index >= 15 is 0 Å². The van der Waals surface area contributed by atoms with Crippen LogP contribution in [0.4, 0.5) is 11.4 Å². The molecule has 0 saturated carbocycles. The fraction of sp³-hybridized carbons (Fsp3) is 0.350. The van der Waals surface area contributed by atoms with Crippen molar-refractivity contribution >= 4 is 17.3 Å². The van der Waals surface area contributed by atoms with E-state index in [1.54, 1.807) is 0 Å². The number of nitrogens with one attached hydrogen (secondary N) is 1. The third-order valence-corrected chi connectivity index (χ3v) is 4.65. The van der Waals surface area contributed by atoms with Crippen LogP contribution in [0.1, 0.15) is 18.9 Å². The molecule has 0 bridgehead atoms. The summed E-state index contributed by atoms with van der Waals surface area (Å²) in [5, 5.41) is 3.29. The third kappa shape index (κ3) is 3.14. The van der Waals surface area contributed by atoms with E-state index in [4.69, 9.17) is 9.47 Å². The average molecular weight is 338 g/mol. The van der Waals surface area contributed by atoms with Gasteiger partial charge in [0.15, 0.2) is 11.5 Å². The van der Waals surface area contributed by atoms with Crippen LogP contribution in [0.5, 0.6) is 11.5 Å². The van der Waals surface area contributed by atoms with Gasteiger partial charge in [0.25, 0.3) is 0 Å². The molecule has 0 fully saturated rings. The highest BCUT2D eigenvalue weighted by molar-refractivity contribution is 6.00. The standard InChI is InChI=1S/C20H22N2O3/c1-14(20(23)22-10-9-15-5-2-3-6-17(15)22)21-16-7-8-18-19(13-16)25-12-4-11-24-18/h2-3,5-8,13-14,21H,4,9-12H2,1H3. The van der Waals surface area contributed by atoms with E-state index in [-0.39, 0.29) is 11.9 Å². The molecule has 130 valence electrons. The maximum Gasteiger partial charge on any atom is 0.249 e. The molecule has 2 aliphatic heterocycles. The SMILES string of the molecule is CC(Nc1ccc2c(c1)OCCCO2)C(=O)N1CCc2ccccc21. The number of nitrogens with zero attached hydrogens (tertiary/aromatic N) is 1. The molecule has 5 nitrogen and oxygen atoms in total. The van der Waals surface area contributed by atoms with Gasteiger partial charge in [-0.25, -0.2) is 0 Å². The summed E-state index contributed by atoms with van der Waals surface area (Å²) in [6, 6.07) is 13.5. The Morgan fingerprint density at radius 1 is 1.12 bits per heavy atom. The number of fused-ring (bicyclic) bond motifs is 2. The number of ether oxygens (including phenoxy) is 2. The van der Waals surface area contributed by atoms with Gasteiger partial charge in [0.05, 0.1) is 13.2 Å². The first-order chi connectivity index (χ1) is 12.2. The summed E-state index contributed by atoms with van der Waals surface area (Å²) in [4.78, 5) is 14.7. The molecule has 2 aromatic carbocycles. The van der Waals surface area contributed by atoms with Crippen LogP contribution in [0, 0.1) is 0 Å². The monoisotopic (exact) mass is 338 g/mol. The van der Waals surface area contributed by atoms with Gasteiger partial charge < -0.3 is 19.7 Å². The van der Waals surface area contributed by atoms with Crippen LogP contribution < -0.4 is 19.7 Å². The Labute approximate surface area is 147 Å². The zero-order valence-electron chi connectivity index (χ0n) is 14.3. The first kappa shape index (κ1) is 15.8. The van der Waals surface area contributed by atoms with Crippen molar-refractivity contribution in [3.8, 4) is 11.5 Å². The lowest BCUT2D eigenvalue weighted by Crippen LogP contribution is -2.40. The highest BCUT2D eigenvalue weighted by Gasteiger charge is 2.27. The van der Waals surface area contributed by atoms with Crippen molar-refractivity contribution in [1.29, 1.82) is 0 Å². The molecule has 2 aromatic rings. The summed E-state index contributed by atoms with van der Waals surface area (Å²) < 4.78 is 11.4. The van der Waals surface area contributed by atoms with Crippen LogP contribution in [0.3, 0.4) is 0 Å². The molecule has 2 heterocycles. The molecule has 0 aliphatic carbocycles. The molecule has 0 saturated heterocycles. The van der Waals surface area contributed by atoms with Crippen LogP contribution in [-0.2, 0) is 11.2 Å². The average Bonchev–Trinajstić information content (AvgIpc) is 2.92. The lowest BCUT2D eigenvalue weighted by atomic mass is 10.2. The molecule has 1 N–H and O–H groups in total. The van der Waals surface area contributed by atoms with Gasteiger partial charge in [-0.2, -0.15) is 0 Å². The zero-order chi connectivity index (χ0) is 17.2. The van der Waals surface area contributed by atoms with Gasteiger partial charge in [-0.15, -0.1) is 0 Å². The van der Waals surface area contributed by atoms with Crippen LogP contribution in [0.25, 0.3) is 0 Å². The van der Waals surface area contributed by atoms with E-state index in [9.17, 15) is 4.79 Å². The van der Waals surface area contributed by atoms with Gasteiger partial charge in [0, 0.05) is 30.4 Å². The van der Waals surface area contributed by atoms with Crippen LogP contribution >= 0.6 is 0 Å². The Hall–Kier alpha value is -2.69. The lowest BCUT2D eigenvalue weighted by molar-refractivity contribution is -0.118. The van der Waals surface area contributed by atoms with E-state index in [1.807, 2.05) is 48.2 Å². The molecule has 0 aromatic heterocycles. The van der Waals surface area contributed by atoms with Crippen molar-refractivity contribution in [2.75, 3.05) is 30.0 Å². The molecule has 1 amide bonds. The minimum Gasteiger partial charge on any atom is -0.490 e. The summed E-state index contributed by atoms with van der Waals surface area (Å²) in [6.45, 7) is 3.95. The van der Waals surface area contributed by atoms with Crippen molar-refractivity contribution in [1.82, 2.24) is 0 Å². The number of anilines is 2. The molecule has 0 radical (unpaired) electrons. The number of benzene rings is 2. The Kier molecular flexibility index (Phi) is 4.22. The predicted octanol–water partition coefficient (Wildman–Crippen LogP) is 3.24. The fourth-order valence-electron chi connectivity index (χ4n) is 3.37. The van der Waals surface area contributed by atoms with E-state index in [1.165, 1.54) is 5.56 Å². The lowest BCUT2D eigenvalue weighted by Gasteiger charge is -2.23. The molecular formula is C20H22N2O3. The molecule has 2 aliphatic rings. The molecular weight excluding hydrogens is 316 g/mol. The summed E-state index contributed by atoms with van der Waals surface area (Å²) in [6.07, 6.45) is 1.79. The summed E-state index contributed by atoms with van der Waals surface area (Å²) >= 11 is 0. The highest BCUT2D eigenvalue weighted by atomic mass is 16.5. The quantitative estimate of drug-likeness (QED) is 0.933. The van der Waals surface area contributed by atoms with Crippen molar-refractivity contribution in [2.24, 2.45) is 0 Å². The number of rotatable bonds is 3. The normalized spacial score (nSPS) is 16.8. The van der Waals surface area contributed by atoms with Gasteiger partial charge in [0.1, 0.15) is 6.04 Å². The van der Waals surface area contributed by atoms with Gasteiger partial charge in [-0.05, 0) is 37.1 Å². The van der Waals surface area contributed by atoms with Crippen molar-refractivity contribution in [3.63, 3.8) is 0 Å². The van der Waals surface area contributed by atoms with Crippen molar-refractivity contribution < 1.29 is 14.3 Å². The second-order valence-electron chi connectivity index (χ2n) is 6.45. The number of carbonyl (C=O) groups excluding carboxylic acids is 1. The number of para-hydroxylation sites is 1. The fourth-order valence-corrected chi connectivity index (χ4v) is 3.37. The Morgan fingerprint density at radius 2 is 1.92 bits per heavy atom. The van der Waals surface area contributed by atoms with Gasteiger partial charge in [-0.1, -0.05) is 18.2 Å². The van der Waals surface area contributed by atoms with Gasteiger partial charge in [0.2, 0.25) is 5.91 Å².